The Morgan fingerprint density at radius 1 is 1.24 bits per heavy atom. The summed E-state index contributed by atoms with van der Waals surface area (Å²) in [5.41, 5.74) is 0. The van der Waals surface area contributed by atoms with Crippen LogP contribution in [0.2, 0.25) is 0 Å². The molecular formula is C13H23NO3. The normalized spacial score (nSPS) is 40.1. The molecule has 0 spiro atoms. The summed E-state index contributed by atoms with van der Waals surface area (Å²) in [6.07, 6.45) is 3.54. The first-order chi connectivity index (χ1) is 8.08. The maximum absolute atomic E-state index is 11.2. The molecule has 3 unspecified atom stereocenters. The van der Waals surface area contributed by atoms with Crippen molar-refractivity contribution in [2.24, 2.45) is 11.8 Å². The number of hydrogen-bond donors (Lipinski definition) is 1. The van der Waals surface area contributed by atoms with Crippen molar-refractivity contribution in [3.63, 3.8) is 0 Å². The minimum absolute atomic E-state index is 0.342. The second-order valence-electron chi connectivity index (χ2n) is 5.74. The maximum atomic E-state index is 11.2. The number of carbonyl (C=O) groups is 1. The van der Waals surface area contributed by atoms with E-state index in [2.05, 4.69) is 18.7 Å². The van der Waals surface area contributed by atoms with Gasteiger partial charge in [0.25, 0.3) is 0 Å². The molecule has 4 heteroatoms. The molecule has 0 radical (unpaired) electrons. The lowest BCUT2D eigenvalue weighted by atomic mass is 9.79. The van der Waals surface area contributed by atoms with Gasteiger partial charge in [-0.15, -0.1) is 0 Å². The van der Waals surface area contributed by atoms with Crippen LogP contribution in [0.5, 0.6) is 0 Å². The van der Waals surface area contributed by atoms with E-state index in [1.807, 2.05) is 0 Å². The number of ether oxygens (including phenoxy) is 1. The topological polar surface area (TPSA) is 49.8 Å². The maximum Gasteiger partial charge on any atom is 0.323 e. The van der Waals surface area contributed by atoms with Crippen molar-refractivity contribution in [3.8, 4) is 0 Å². The molecule has 2 aliphatic rings. The van der Waals surface area contributed by atoms with Gasteiger partial charge in [-0.1, -0.05) is 13.8 Å². The van der Waals surface area contributed by atoms with Gasteiger partial charge in [-0.05, 0) is 31.1 Å². The molecule has 1 heterocycles. The first-order valence-corrected chi connectivity index (χ1v) is 6.64. The molecule has 0 aromatic heterocycles. The number of aliphatic carboxylic acids is 1. The van der Waals surface area contributed by atoms with Gasteiger partial charge < -0.3 is 9.84 Å². The molecule has 1 aliphatic carbocycles. The second-order valence-corrected chi connectivity index (χ2v) is 5.74. The second kappa shape index (κ2) is 5.36. The van der Waals surface area contributed by atoms with Crippen LogP contribution in [0.3, 0.4) is 0 Å². The lowest BCUT2D eigenvalue weighted by Crippen LogP contribution is -2.55. The molecule has 1 saturated heterocycles. The van der Waals surface area contributed by atoms with Crippen LogP contribution < -0.4 is 0 Å². The molecule has 98 valence electrons. The van der Waals surface area contributed by atoms with Crippen LogP contribution in [0.25, 0.3) is 0 Å². The molecule has 4 nitrogen and oxygen atoms in total. The van der Waals surface area contributed by atoms with Crippen LogP contribution in [0.15, 0.2) is 0 Å². The zero-order chi connectivity index (χ0) is 12.4. The highest BCUT2D eigenvalue weighted by Gasteiger charge is 2.37. The molecule has 1 aliphatic heterocycles. The van der Waals surface area contributed by atoms with Gasteiger partial charge in [0.1, 0.15) is 6.04 Å². The van der Waals surface area contributed by atoms with Gasteiger partial charge in [0, 0.05) is 12.6 Å². The molecule has 2 rings (SSSR count). The zero-order valence-electron chi connectivity index (χ0n) is 10.8. The fourth-order valence-corrected chi connectivity index (χ4v) is 3.44. The average molecular weight is 241 g/mol. The van der Waals surface area contributed by atoms with Crippen molar-refractivity contribution >= 4 is 5.97 Å². The molecule has 1 saturated carbocycles. The van der Waals surface area contributed by atoms with E-state index in [0.29, 0.717) is 31.1 Å². The third kappa shape index (κ3) is 2.99. The number of carboxylic acids is 1. The summed E-state index contributed by atoms with van der Waals surface area (Å²) in [5.74, 6) is 0.678. The zero-order valence-corrected chi connectivity index (χ0v) is 10.8. The molecule has 17 heavy (non-hydrogen) atoms. The molecule has 3 atom stereocenters. The highest BCUT2D eigenvalue weighted by molar-refractivity contribution is 5.73. The third-order valence-corrected chi connectivity index (χ3v) is 4.08. The summed E-state index contributed by atoms with van der Waals surface area (Å²) >= 11 is 0. The molecular weight excluding hydrogens is 218 g/mol. The van der Waals surface area contributed by atoms with Gasteiger partial charge in [0.2, 0.25) is 0 Å². The van der Waals surface area contributed by atoms with Gasteiger partial charge in [-0.25, -0.2) is 0 Å². The summed E-state index contributed by atoms with van der Waals surface area (Å²) in [6, 6.07) is -0.00926. The highest BCUT2D eigenvalue weighted by Crippen LogP contribution is 2.33. The summed E-state index contributed by atoms with van der Waals surface area (Å²) in [5, 5.41) is 9.25. The van der Waals surface area contributed by atoms with Crippen molar-refractivity contribution in [2.75, 3.05) is 19.8 Å². The monoisotopic (exact) mass is 241 g/mol. The van der Waals surface area contributed by atoms with E-state index in [9.17, 15) is 9.90 Å². The largest absolute Gasteiger partial charge is 0.480 e. The molecule has 1 N–H and O–H groups in total. The van der Waals surface area contributed by atoms with Crippen LogP contribution in [0.1, 0.15) is 33.1 Å². The van der Waals surface area contributed by atoms with Crippen LogP contribution in [-0.4, -0.2) is 47.8 Å². The van der Waals surface area contributed by atoms with Gasteiger partial charge in [0.15, 0.2) is 0 Å². The predicted octanol–water partition coefficient (Wildman–Crippen LogP) is 1.60. The highest BCUT2D eigenvalue weighted by atomic mass is 16.5. The van der Waals surface area contributed by atoms with Gasteiger partial charge in [-0.2, -0.15) is 0 Å². The molecule has 0 aromatic carbocycles. The Morgan fingerprint density at radius 2 is 1.88 bits per heavy atom. The average Bonchev–Trinajstić information content (AvgIpc) is 2.27. The number of rotatable bonds is 2. The summed E-state index contributed by atoms with van der Waals surface area (Å²) in [6.45, 7) is 6.33. The minimum Gasteiger partial charge on any atom is -0.480 e. The van der Waals surface area contributed by atoms with Crippen molar-refractivity contribution in [2.45, 2.75) is 45.2 Å². The number of morpholine rings is 1. The predicted molar refractivity (Wildman–Crippen MR) is 64.9 cm³/mol. The van der Waals surface area contributed by atoms with Gasteiger partial charge in [-0.3, -0.25) is 9.69 Å². The minimum atomic E-state index is -0.740. The lowest BCUT2D eigenvalue weighted by molar-refractivity contribution is -0.152. The van der Waals surface area contributed by atoms with Crippen molar-refractivity contribution < 1.29 is 14.6 Å². The Balaban J connectivity index is 2.05. The fourth-order valence-electron chi connectivity index (χ4n) is 3.44. The van der Waals surface area contributed by atoms with Crippen LogP contribution in [0, 0.1) is 11.8 Å². The lowest BCUT2D eigenvalue weighted by Gasteiger charge is -2.43. The Kier molecular flexibility index (Phi) is 4.05. The smallest absolute Gasteiger partial charge is 0.323 e. The Bertz CT molecular complexity index is 272. The first kappa shape index (κ1) is 12.8. The van der Waals surface area contributed by atoms with Crippen LogP contribution in [0.4, 0.5) is 0 Å². The van der Waals surface area contributed by atoms with E-state index >= 15 is 0 Å². The summed E-state index contributed by atoms with van der Waals surface area (Å²) < 4.78 is 5.30. The van der Waals surface area contributed by atoms with E-state index in [-0.39, 0.29) is 0 Å². The molecule has 0 amide bonds. The van der Waals surface area contributed by atoms with Crippen molar-refractivity contribution in [1.29, 1.82) is 0 Å². The van der Waals surface area contributed by atoms with E-state index in [4.69, 9.17) is 4.74 Å². The van der Waals surface area contributed by atoms with Crippen LogP contribution in [-0.2, 0) is 9.53 Å². The van der Waals surface area contributed by atoms with E-state index in [1.165, 1.54) is 6.42 Å². The number of hydrogen-bond acceptors (Lipinski definition) is 3. The number of carboxylic acid groups (broad SMARTS) is 1. The Morgan fingerprint density at radius 3 is 2.47 bits per heavy atom. The van der Waals surface area contributed by atoms with E-state index < -0.39 is 12.0 Å². The first-order valence-electron chi connectivity index (χ1n) is 6.64. The van der Waals surface area contributed by atoms with Crippen LogP contribution >= 0.6 is 0 Å². The van der Waals surface area contributed by atoms with E-state index in [1.54, 1.807) is 0 Å². The molecule has 0 aromatic rings. The van der Waals surface area contributed by atoms with E-state index in [0.717, 1.165) is 19.4 Å². The summed E-state index contributed by atoms with van der Waals surface area (Å²) in [4.78, 5) is 13.4. The van der Waals surface area contributed by atoms with Crippen molar-refractivity contribution in [1.82, 2.24) is 4.90 Å². The third-order valence-electron chi connectivity index (χ3n) is 4.08. The summed E-state index contributed by atoms with van der Waals surface area (Å²) in [7, 11) is 0. The Hall–Kier alpha value is -0.610. The fraction of sp³-hybridized carbons (Fsp3) is 0.923. The van der Waals surface area contributed by atoms with Gasteiger partial charge >= 0.3 is 5.97 Å². The molecule has 2 fully saturated rings. The number of nitrogens with zero attached hydrogens (tertiary/aromatic N) is 1. The molecule has 0 bridgehead atoms. The van der Waals surface area contributed by atoms with Gasteiger partial charge in [0.05, 0.1) is 13.2 Å². The quantitative estimate of drug-likeness (QED) is 0.797. The SMILES string of the molecule is CC1CC(C)CC(N2CCOCC2C(=O)O)C1. The Labute approximate surface area is 103 Å². The standard InChI is InChI=1S/C13H23NO3/c1-9-5-10(2)7-11(6-9)14-3-4-17-8-12(14)13(15)16/h9-12H,3-8H2,1-2H3,(H,15,16). The van der Waals surface area contributed by atoms with Crippen molar-refractivity contribution in [3.05, 3.63) is 0 Å².